The highest BCUT2D eigenvalue weighted by molar-refractivity contribution is 8.00. The van der Waals surface area contributed by atoms with Gasteiger partial charge in [0.2, 0.25) is 0 Å². The number of carbonyl (C=O) groups is 1. The second kappa shape index (κ2) is 6.83. The Kier molecular flexibility index (Phi) is 4.61. The highest BCUT2D eigenvalue weighted by Crippen LogP contribution is 2.29. The summed E-state index contributed by atoms with van der Waals surface area (Å²) in [7, 11) is 1.59. The third-order valence-corrected chi connectivity index (χ3v) is 4.74. The second-order valence-electron chi connectivity index (χ2n) is 4.91. The summed E-state index contributed by atoms with van der Waals surface area (Å²) in [5, 5.41) is 17.4. The van der Waals surface area contributed by atoms with Gasteiger partial charge in [-0.2, -0.15) is 4.68 Å². The fourth-order valence-electron chi connectivity index (χ4n) is 2.17. The molecule has 0 amide bonds. The zero-order valence-corrected chi connectivity index (χ0v) is 13.9. The van der Waals surface area contributed by atoms with Crippen molar-refractivity contribution in [2.45, 2.75) is 23.6 Å². The third kappa shape index (κ3) is 3.02. The Morgan fingerprint density at radius 3 is 2.96 bits per heavy atom. The molecule has 0 radical (unpaired) electrons. The average molecular weight is 345 g/mol. The molecule has 1 aromatic carbocycles. The van der Waals surface area contributed by atoms with E-state index in [1.54, 1.807) is 11.8 Å². The normalized spacial score (nSPS) is 12.2. The number of fused-ring (bicyclic) bond motifs is 1. The monoisotopic (exact) mass is 345 g/mol. The van der Waals surface area contributed by atoms with Crippen molar-refractivity contribution in [1.82, 2.24) is 25.0 Å². The van der Waals surface area contributed by atoms with Crippen LogP contribution in [0.1, 0.15) is 13.3 Å². The smallest absolute Gasteiger partial charge is 0.317 e. The SMILES string of the molecule is CC[C@H](Sc1ncnc2c1nnn2-c1cccc(OC)c1)C(=O)O. The number of carboxylic acids is 1. The molecule has 0 aliphatic heterocycles. The number of aromatic nitrogens is 5. The van der Waals surface area contributed by atoms with Crippen LogP contribution >= 0.6 is 11.8 Å². The molecule has 0 unspecified atom stereocenters. The lowest BCUT2D eigenvalue weighted by Gasteiger charge is -2.08. The van der Waals surface area contributed by atoms with E-state index in [9.17, 15) is 9.90 Å². The highest BCUT2D eigenvalue weighted by atomic mass is 32.2. The minimum Gasteiger partial charge on any atom is -0.497 e. The van der Waals surface area contributed by atoms with Crippen molar-refractivity contribution in [3.8, 4) is 11.4 Å². The molecule has 1 atom stereocenters. The summed E-state index contributed by atoms with van der Waals surface area (Å²) >= 11 is 1.15. The zero-order valence-electron chi connectivity index (χ0n) is 13.1. The van der Waals surface area contributed by atoms with Crippen LogP contribution in [0.25, 0.3) is 16.9 Å². The Morgan fingerprint density at radius 1 is 1.42 bits per heavy atom. The Hall–Kier alpha value is -2.68. The van der Waals surface area contributed by atoms with Crippen molar-refractivity contribution in [1.29, 1.82) is 0 Å². The van der Waals surface area contributed by atoms with Crippen LogP contribution in [-0.2, 0) is 4.79 Å². The molecule has 8 nitrogen and oxygen atoms in total. The van der Waals surface area contributed by atoms with Crippen molar-refractivity contribution in [3.63, 3.8) is 0 Å². The Balaban J connectivity index is 2.04. The summed E-state index contributed by atoms with van der Waals surface area (Å²) in [5.74, 6) is -0.189. The Labute approximate surface area is 141 Å². The van der Waals surface area contributed by atoms with Crippen LogP contribution in [0.5, 0.6) is 5.75 Å². The number of thioether (sulfide) groups is 1. The van der Waals surface area contributed by atoms with Crippen molar-refractivity contribution in [2.24, 2.45) is 0 Å². The minimum absolute atomic E-state index is 0.477. The number of nitrogens with zero attached hydrogens (tertiary/aromatic N) is 5. The van der Waals surface area contributed by atoms with E-state index < -0.39 is 11.2 Å². The number of aliphatic carboxylic acids is 1. The molecular weight excluding hydrogens is 330 g/mol. The van der Waals surface area contributed by atoms with Gasteiger partial charge in [0.15, 0.2) is 11.2 Å². The number of benzene rings is 1. The van der Waals surface area contributed by atoms with Crippen LogP contribution in [0.2, 0.25) is 0 Å². The fourth-order valence-corrected chi connectivity index (χ4v) is 3.06. The quantitative estimate of drug-likeness (QED) is 0.535. The molecule has 0 aliphatic rings. The molecule has 24 heavy (non-hydrogen) atoms. The van der Waals surface area contributed by atoms with Crippen LogP contribution in [0.15, 0.2) is 35.6 Å². The van der Waals surface area contributed by atoms with Crippen LogP contribution in [0, 0.1) is 0 Å². The maximum atomic E-state index is 11.2. The van der Waals surface area contributed by atoms with E-state index in [1.807, 2.05) is 31.2 Å². The van der Waals surface area contributed by atoms with Gasteiger partial charge in [-0.25, -0.2) is 9.97 Å². The number of ether oxygens (including phenoxy) is 1. The number of methoxy groups -OCH3 is 1. The van der Waals surface area contributed by atoms with Gasteiger partial charge >= 0.3 is 5.97 Å². The first-order valence-corrected chi connectivity index (χ1v) is 8.12. The summed E-state index contributed by atoms with van der Waals surface area (Å²) < 4.78 is 6.79. The number of hydrogen-bond acceptors (Lipinski definition) is 7. The number of rotatable bonds is 6. The summed E-state index contributed by atoms with van der Waals surface area (Å²) in [6.07, 6.45) is 1.87. The molecule has 1 N–H and O–H groups in total. The van der Waals surface area contributed by atoms with E-state index in [1.165, 1.54) is 6.33 Å². The van der Waals surface area contributed by atoms with Gasteiger partial charge in [-0.3, -0.25) is 4.79 Å². The van der Waals surface area contributed by atoms with Crippen LogP contribution in [0.3, 0.4) is 0 Å². The van der Waals surface area contributed by atoms with Crippen molar-refractivity contribution in [3.05, 3.63) is 30.6 Å². The molecule has 124 valence electrons. The fraction of sp³-hybridized carbons (Fsp3) is 0.267. The molecular formula is C15H15N5O3S. The van der Waals surface area contributed by atoms with Crippen molar-refractivity contribution in [2.75, 3.05) is 7.11 Å². The Bertz CT molecular complexity index is 882. The lowest BCUT2D eigenvalue weighted by molar-refractivity contribution is -0.136. The van der Waals surface area contributed by atoms with Crippen LogP contribution < -0.4 is 4.74 Å². The largest absolute Gasteiger partial charge is 0.497 e. The summed E-state index contributed by atoms with van der Waals surface area (Å²) in [6, 6.07) is 7.35. The molecule has 2 heterocycles. The molecule has 3 aromatic rings. The van der Waals surface area contributed by atoms with E-state index in [0.717, 1.165) is 17.4 Å². The Morgan fingerprint density at radius 2 is 2.25 bits per heavy atom. The van der Waals surface area contributed by atoms with E-state index in [-0.39, 0.29) is 0 Å². The average Bonchev–Trinajstić information content (AvgIpc) is 3.04. The maximum Gasteiger partial charge on any atom is 0.317 e. The number of carboxylic acid groups (broad SMARTS) is 1. The summed E-state index contributed by atoms with van der Waals surface area (Å²) in [5.41, 5.74) is 1.74. The van der Waals surface area contributed by atoms with Gasteiger partial charge in [-0.1, -0.05) is 30.0 Å². The van der Waals surface area contributed by atoms with Gasteiger partial charge in [0.05, 0.1) is 12.8 Å². The molecule has 0 saturated carbocycles. The first kappa shape index (κ1) is 16.2. The van der Waals surface area contributed by atoms with Gasteiger partial charge < -0.3 is 9.84 Å². The predicted molar refractivity (Wildman–Crippen MR) is 88.6 cm³/mol. The van der Waals surface area contributed by atoms with E-state index in [0.29, 0.717) is 28.4 Å². The topological polar surface area (TPSA) is 103 Å². The maximum absolute atomic E-state index is 11.2. The molecule has 0 spiro atoms. The van der Waals surface area contributed by atoms with Gasteiger partial charge in [0.25, 0.3) is 0 Å². The van der Waals surface area contributed by atoms with Gasteiger partial charge in [-0.05, 0) is 18.6 Å². The standard InChI is InChI=1S/C15H15N5O3S/c1-3-11(15(21)22)24-14-12-13(16-8-17-14)20(19-18-12)9-5-4-6-10(7-9)23-2/h4-8,11H,3H2,1-2H3,(H,21,22)/t11-/m0/s1. The van der Waals surface area contributed by atoms with Gasteiger partial charge in [0.1, 0.15) is 22.4 Å². The third-order valence-electron chi connectivity index (χ3n) is 3.40. The second-order valence-corrected chi connectivity index (χ2v) is 6.10. The molecule has 0 aliphatic carbocycles. The molecule has 3 rings (SSSR count). The van der Waals surface area contributed by atoms with Crippen molar-refractivity contribution >= 4 is 28.9 Å². The number of hydrogen-bond donors (Lipinski definition) is 1. The lowest BCUT2D eigenvalue weighted by Crippen LogP contribution is -2.15. The van der Waals surface area contributed by atoms with E-state index >= 15 is 0 Å². The van der Waals surface area contributed by atoms with Crippen LogP contribution in [0.4, 0.5) is 0 Å². The predicted octanol–water partition coefficient (Wildman–Crippen LogP) is 2.17. The molecule has 9 heteroatoms. The summed E-state index contributed by atoms with van der Waals surface area (Å²) in [6.45, 7) is 1.82. The molecule has 0 saturated heterocycles. The zero-order chi connectivity index (χ0) is 17.1. The van der Waals surface area contributed by atoms with E-state index in [4.69, 9.17) is 4.74 Å². The first-order chi connectivity index (χ1) is 11.6. The molecule has 0 bridgehead atoms. The van der Waals surface area contributed by atoms with E-state index in [2.05, 4.69) is 20.3 Å². The van der Waals surface area contributed by atoms with Crippen LogP contribution in [-0.4, -0.2) is 48.4 Å². The highest BCUT2D eigenvalue weighted by Gasteiger charge is 2.21. The minimum atomic E-state index is -0.880. The summed E-state index contributed by atoms with van der Waals surface area (Å²) in [4.78, 5) is 19.7. The molecule has 0 fully saturated rings. The van der Waals surface area contributed by atoms with Crippen molar-refractivity contribution < 1.29 is 14.6 Å². The van der Waals surface area contributed by atoms with Gasteiger partial charge in [-0.15, -0.1) is 5.10 Å². The van der Waals surface area contributed by atoms with Gasteiger partial charge in [0, 0.05) is 6.07 Å². The lowest BCUT2D eigenvalue weighted by atomic mass is 10.3. The molecule has 2 aromatic heterocycles. The first-order valence-electron chi connectivity index (χ1n) is 7.24.